The molecule has 2 amide bonds. The van der Waals surface area contributed by atoms with Crippen LogP contribution in [0.2, 0.25) is 0 Å². The first kappa shape index (κ1) is 22.1. The summed E-state index contributed by atoms with van der Waals surface area (Å²) in [4.78, 5) is 27.7. The topological polar surface area (TPSA) is 75.4 Å². The van der Waals surface area contributed by atoms with Crippen molar-refractivity contribution in [1.29, 1.82) is 0 Å². The largest absolute Gasteiger partial charge is 0.352 e. The molecule has 0 radical (unpaired) electrons. The number of benzene rings is 1. The third-order valence-electron chi connectivity index (χ3n) is 7.08. The van der Waals surface area contributed by atoms with Crippen molar-refractivity contribution in [1.82, 2.24) is 5.32 Å². The lowest BCUT2D eigenvalue weighted by atomic mass is 9.67. The van der Waals surface area contributed by atoms with Crippen LogP contribution in [0, 0.1) is 17.8 Å². The number of fused-ring (bicyclic) bond motifs is 2. The fraction of sp³-hybridized carbons (Fsp3) is 0.652. The summed E-state index contributed by atoms with van der Waals surface area (Å²) in [5.74, 6) is 0.715. The number of hydrogen-bond donors (Lipinski definition) is 2. The summed E-state index contributed by atoms with van der Waals surface area (Å²) in [7, 11) is 0. The van der Waals surface area contributed by atoms with E-state index in [0.717, 1.165) is 31.4 Å². The van der Waals surface area contributed by atoms with Gasteiger partial charge in [0.1, 0.15) is 5.92 Å². The standard InChI is InChI=1S/C23H33N3O2.ClH/c1-14(2)15-6-8-19(9-7-15)26-11-10-20(23(26)28)22(27)25-21-16-4-3-5-17(21)13-18(24)12-16;/h6-9,14,16-18,20-21H,3-5,10-13,24H2,1-2H3,(H,25,27);1H. The van der Waals surface area contributed by atoms with Gasteiger partial charge in [-0.05, 0) is 67.6 Å². The molecule has 2 saturated carbocycles. The molecular formula is C23H34ClN3O2. The summed E-state index contributed by atoms with van der Waals surface area (Å²) >= 11 is 0. The minimum absolute atomic E-state index is 0. The lowest BCUT2D eigenvalue weighted by Gasteiger charge is -2.45. The van der Waals surface area contributed by atoms with E-state index in [2.05, 4.69) is 31.3 Å². The van der Waals surface area contributed by atoms with Gasteiger partial charge in [0.15, 0.2) is 0 Å². The van der Waals surface area contributed by atoms with Gasteiger partial charge in [0.25, 0.3) is 0 Å². The Kier molecular flexibility index (Phi) is 6.90. The Labute approximate surface area is 180 Å². The van der Waals surface area contributed by atoms with E-state index >= 15 is 0 Å². The maximum Gasteiger partial charge on any atom is 0.239 e. The number of nitrogens with zero attached hydrogens (tertiary/aromatic N) is 1. The highest BCUT2D eigenvalue weighted by Crippen LogP contribution is 2.40. The van der Waals surface area contributed by atoms with Gasteiger partial charge < -0.3 is 16.0 Å². The molecule has 2 bridgehead atoms. The van der Waals surface area contributed by atoms with Gasteiger partial charge in [0.05, 0.1) is 0 Å². The molecule has 2 aliphatic carbocycles. The van der Waals surface area contributed by atoms with E-state index in [-0.39, 0.29) is 36.3 Å². The molecule has 3 unspecified atom stereocenters. The van der Waals surface area contributed by atoms with Crippen LogP contribution in [0.4, 0.5) is 5.69 Å². The van der Waals surface area contributed by atoms with Gasteiger partial charge in [-0.2, -0.15) is 0 Å². The predicted octanol–water partition coefficient (Wildman–Crippen LogP) is 3.61. The second-order valence-electron chi connectivity index (χ2n) is 9.29. The van der Waals surface area contributed by atoms with Crippen LogP contribution in [0.5, 0.6) is 0 Å². The normalized spacial score (nSPS) is 31.5. The Morgan fingerprint density at radius 2 is 1.72 bits per heavy atom. The van der Waals surface area contributed by atoms with Crippen LogP contribution in [0.1, 0.15) is 63.9 Å². The molecule has 4 rings (SSSR count). The number of amides is 2. The summed E-state index contributed by atoms with van der Waals surface area (Å²) in [5.41, 5.74) is 8.35. The highest BCUT2D eigenvalue weighted by Gasteiger charge is 2.43. The SMILES string of the molecule is CC(C)c1ccc(N2CCC(C(=O)NC3C4CCCC3CC(N)C4)C2=O)cc1.Cl. The van der Waals surface area contributed by atoms with Gasteiger partial charge in [-0.25, -0.2) is 0 Å². The van der Waals surface area contributed by atoms with Crippen molar-refractivity contribution in [3.8, 4) is 0 Å². The first-order valence-electron chi connectivity index (χ1n) is 10.9. The van der Waals surface area contributed by atoms with Crippen LogP contribution < -0.4 is 16.0 Å². The molecule has 0 aromatic heterocycles. The van der Waals surface area contributed by atoms with Crippen LogP contribution in [-0.4, -0.2) is 30.4 Å². The van der Waals surface area contributed by atoms with Crippen molar-refractivity contribution in [3.05, 3.63) is 29.8 Å². The fourth-order valence-corrected chi connectivity index (χ4v) is 5.51. The number of halogens is 1. The number of anilines is 1. The van der Waals surface area contributed by atoms with Gasteiger partial charge in [0, 0.05) is 24.3 Å². The predicted molar refractivity (Wildman–Crippen MR) is 118 cm³/mol. The Bertz CT molecular complexity index is 722. The highest BCUT2D eigenvalue weighted by molar-refractivity contribution is 6.09. The fourth-order valence-electron chi connectivity index (χ4n) is 5.51. The lowest BCUT2D eigenvalue weighted by molar-refractivity contribution is -0.133. The van der Waals surface area contributed by atoms with Crippen molar-refractivity contribution in [2.24, 2.45) is 23.5 Å². The Balaban J connectivity index is 0.00000240. The van der Waals surface area contributed by atoms with Crippen LogP contribution in [0.25, 0.3) is 0 Å². The number of rotatable bonds is 4. The average molecular weight is 420 g/mol. The zero-order valence-electron chi connectivity index (χ0n) is 17.5. The molecule has 6 heteroatoms. The first-order valence-corrected chi connectivity index (χ1v) is 10.9. The molecule has 3 aliphatic rings. The van der Waals surface area contributed by atoms with Crippen molar-refractivity contribution < 1.29 is 9.59 Å². The van der Waals surface area contributed by atoms with Crippen LogP contribution in [0.15, 0.2) is 24.3 Å². The molecule has 3 fully saturated rings. The minimum atomic E-state index is -0.555. The Morgan fingerprint density at radius 1 is 1.10 bits per heavy atom. The Morgan fingerprint density at radius 3 is 2.31 bits per heavy atom. The molecule has 29 heavy (non-hydrogen) atoms. The molecule has 1 heterocycles. The molecule has 5 nitrogen and oxygen atoms in total. The quantitative estimate of drug-likeness (QED) is 0.732. The molecule has 0 spiro atoms. The number of hydrogen-bond acceptors (Lipinski definition) is 3. The highest BCUT2D eigenvalue weighted by atomic mass is 35.5. The summed E-state index contributed by atoms with van der Waals surface area (Å²) in [6.07, 6.45) is 6.10. The molecule has 1 aromatic carbocycles. The zero-order valence-corrected chi connectivity index (χ0v) is 18.3. The van der Waals surface area contributed by atoms with E-state index in [9.17, 15) is 9.59 Å². The third-order valence-corrected chi connectivity index (χ3v) is 7.08. The smallest absolute Gasteiger partial charge is 0.239 e. The third kappa shape index (κ3) is 4.46. The molecule has 160 valence electrons. The van der Waals surface area contributed by atoms with Crippen molar-refractivity contribution in [2.75, 3.05) is 11.4 Å². The monoisotopic (exact) mass is 419 g/mol. The zero-order chi connectivity index (χ0) is 19.8. The second-order valence-corrected chi connectivity index (χ2v) is 9.29. The molecule has 1 aliphatic heterocycles. The van der Waals surface area contributed by atoms with E-state index in [0.29, 0.717) is 30.7 Å². The number of carbonyl (C=O) groups excluding carboxylic acids is 2. The maximum absolute atomic E-state index is 13.0. The number of nitrogens with one attached hydrogen (secondary N) is 1. The van der Waals surface area contributed by atoms with Crippen LogP contribution in [-0.2, 0) is 9.59 Å². The lowest BCUT2D eigenvalue weighted by Crippen LogP contribution is -2.55. The van der Waals surface area contributed by atoms with Gasteiger partial charge in [-0.15, -0.1) is 12.4 Å². The van der Waals surface area contributed by atoms with Crippen molar-refractivity contribution in [2.45, 2.75) is 70.4 Å². The van der Waals surface area contributed by atoms with Gasteiger partial charge in [0.2, 0.25) is 11.8 Å². The van der Waals surface area contributed by atoms with E-state index in [1.165, 1.54) is 12.0 Å². The number of nitrogens with two attached hydrogens (primary N) is 1. The number of carbonyl (C=O) groups is 2. The summed E-state index contributed by atoms with van der Waals surface area (Å²) in [6, 6.07) is 8.62. The molecule has 1 saturated heterocycles. The van der Waals surface area contributed by atoms with E-state index in [1.54, 1.807) is 4.90 Å². The maximum atomic E-state index is 13.0. The molecule has 1 aromatic rings. The summed E-state index contributed by atoms with van der Waals surface area (Å²) in [6.45, 7) is 4.92. The average Bonchev–Trinajstić information content (AvgIpc) is 3.04. The van der Waals surface area contributed by atoms with Gasteiger partial charge in [-0.3, -0.25) is 9.59 Å². The minimum Gasteiger partial charge on any atom is -0.352 e. The van der Waals surface area contributed by atoms with E-state index < -0.39 is 5.92 Å². The molecule has 3 N–H and O–H groups in total. The van der Waals surface area contributed by atoms with Crippen molar-refractivity contribution >= 4 is 29.9 Å². The van der Waals surface area contributed by atoms with Crippen LogP contribution in [0.3, 0.4) is 0 Å². The summed E-state index contributed by atoms with van der Waals surface area (Å²) in [5, 5.41) is 3.27. The van der Waals surface area contributed by atoms with E-state index in [4.69, 9.17) is 5.73 Å². The summed E-state index contributed by atoms with van der Waals surface area (Å²) < 4.78 is 0. The molecular weight excluding hydrogens is 386 g/mol. The van der Waals surface area contributed by atoms with E-state index in [1.807, 2.05) is 12.1 Å². The Hall–Kier alpha value is -1.59. The molecule has 3 atom stereocenters. The first-order chi connectivity index (χ1) is 13.4. The van der Waals surface area contributed by atoms with Crippen molar-refractivity contribution in [3.63, 3.8) is 0 Å². The second kappa shape index (κ2) is 9.05. The van der Waals surface area contributed by atoms with Gasteiger partial charge >= 0.3 is 0 Å². The van der Waals surface area contributed by atoms with Crippen LogP contribution >= 0.6 is 12.4 Å². The van der Waals surface area contributed by atoms with Gasteiger partial charge in [-0.1, -0.05) is 32.4 Å².